The number of carbonyl (C=O) groups excluding carboxylic acids is 3. The third-order valence-electron chi connectivity index (χ3n) is 4.50. The minimum atomic E-state index is -0.666. The molecule has 0 spiro atoms. The Morgan fingerprint density at radius 2 is 1.68 bits per heavy atom. The lowest BCUT2D eigenvalue weighted by molar-refractivity contribution is -0.140. The van der Waals surface area contributed by atoms with Crippen molar-refractivity contribution in [2.45, 2.75) is 19.9 Å². The van der Waals surface area contributed by atoms with Crippen LogP contribution in [0.4, 0.5) is 5.69 Å². The highest BCUT2D eigenvalue weighted by Gasteiger charge is 2.32. The van der Waals surface area contributed by atoms with Gasteiger partial charge in [-0.15, -0.1) is 0 Å². The summed E-state index contributed by atoms with van der Waals surface area (Å²) in [5, 5.41) is 7.09. The molecule has 10 heteroatoms. The predicted molar refractivity (Wildman–Crippen MR) is 111 cm³/mol. The van der Waals surface area contributed by atoms with Gasteiger partial charge in [-0.3, -0.25) is 4.79 Å². The normalized spacial score (nSPS) is 13.9. The molecule has 0 saturated carbocycles. The molecule has 1 amide bonds. The zero-order valence-electron chi connectivity index (χ0n) is 17.7. The van der Waals surface area contributed by atoms with Crippen LogP contribution in [-0.4, -0.2) is 61.2 Å². The van der Waals surface area contributed by atoms with E-state index >= 15 is 0 Å². The van der Waals surface area contributed by atoms with Crippen molar-refractivity contribution in [3.8, 4) is 5.69 Å². The van der Waals surface area contributed by atoms with Gasteiger partial charge in [0.2, 0.25) is 0 Å². The Bertz CT molecular complexity index is 1010. The van der Waals surface area contributed by atoms with Crippen molar-refractivity contribution >= 4 is 23.5 Å². The highest BCUT2D eigenvalue weighted by atomic mass is 16.5. The zero-order chi connectivity index (χ0) is 22.5. The van der Waals surface area contributed by atoms with Crippen molar-refractivity contribution in [2.24, 2.45) is 0 Å². The Morgan fingerprint density at radius 3 is 2.29 bits per heavy atom. The number of nitrogens with zero attached hydrogens (tertiary/aromatic N) is 3. The van der Waals surface area contributed by atoms with Gasteiger partial charge in [0.1, 0.15) is 12.4 Å². The monoisotopic (exact) mass is 428 g/mol. The average molecular weight is 428 g/mol. The number of esters is 2. The van der Waals surface area contributed by atoms with E-state index in [1.807, 2.05) is 13.8 Å². The fourth-order valence-corrected chi connectivity index (χ4v) is 3.06. The fourth-order valence-electron chi connectivity index (χ4n) is 3.06. The number of nitrogens with one attached hydrogen (secondary N) is 1. The van der Waals surface area contributed by atoms with E-state index in [-0.39, 0.29) is 36.6 Å². The van der Waals surface area contributed by atoms with Gasteiger partial charge in [0.05, 0.1) is 32.1 Å². The summed E-state index contributed by atoms with van der Waals surface area (Å²) in [6.45, 7) is 3.76. The maximum absolute atomic E-state index is 12.4. The van der Waals surface area contributed by atoms with Crippen LogP contribution in [0.5, 0.6) is 0 Å². The second-order valence-corrected chi connectivity index (χ2v) is 7.01. The lowest BCUT2D eigenvalue weighted by Crippen LogP contribution is -2.38. The van der Waals surface area contributed by atoms with E-state index in [4.69, 9.17) is 14.2 Å². The summed E-state index contributed by atoms with van der Waals surface area (Å²) >= 11 is 0. The lowest BCUT2D eigenvalue weighted by atomic mass is 10.1. The molecule has 2 heterocycles. The Balaban J connectivity index is 1.88. The molecule has 0 atom stereocenters. The van der Waals surface area contributed by atoms with Crippen molar-refractivity contribution in [1.29, 1.82) is 0 Å². The minimum Gasteiger partial charge on any atom is -0.466 e. The van der Waals surface area contributed by atoms with Crippen molar-refractivity contribution in [3.63, 3.8) is 0 Å². The van der Waals surface area contributed by atoms with Crippen molar-refractivity contribution in [2.75, 3.05) is 32.5 Å². The highest BCUT2D eigenvalue weighted by molar-refractivity contribution is 6.03. The third-order valence-corrected chi connectivity index (χ3v) is 4.50. The summed E-state index contributed by atoms with van der Waals surface area (Å²) < 4.78 is 16.7. The molecule has 0 saturated heterocycles. The van der Waals surface area contributed by atoms with Crippen LogP contribution < -0.4 is 10.2 Å². The number of ether oxygens (including phenoxy) is 3. The minimum absolute atomic E-state index is 0.00985. The van der Waals surface area contributed by atoms with Crippen molar-refractivity contribution in [1.82, 2.24) is 15.1 Å². The number of hydrogen-bond acceptors (Lipinski definition) is 8. The molecule has 1 aromatic carbocycles. The maximum Gasteiger partial charge on any atom is 0.355 e. The number of carbonyl (C=O) groups is 3. The van der Waals surface area contributed by atoms with Gasteiger partial charge in [-0.05, 0) is 44.2 Å². The summed E-state index contributed by atoms with van der Waals surface area (Å²) in [5.41, 5.74) is 1.77. The second-order valence-electron chi connectivity index (χ2n) is 7.01. The van der Waals surface area contributed by atoms with Crippen LogP contribution >= 0.6 is 0 Å². The van der Waals surface area contributed by atoms with E-state index in [1.54, 1.807) is 41.2 Å². The average Bonchev–Trinajstić information content (AvgIpc) is 3.27. The smallest absolute Gasteiger partial charge is 0.355 e. The largest absolute Gasteiger partial charge is 0.466 e. The first-order valence-electron chi connectivity index (χ1n) is 9.57. The Kier molecular flexibility index (Phi) is 6.71. The quantitative estimate of drug-likeness (QED) is 0.688. The molecule has 0 radical (unpaired) electrons. The summed E-state index contributed by atoms with van der Waals surface area (Å²) in [5.74, 6) is -1.58. The number of aromatic nitrogens is 2. The summed E-state index contributed by atoms with van der Waals surface area (Å²) in [7, 11) is 2.48. The number of amides is 1. The van der Waals surface area contributed by atoms with E-state index in [0.717, 1.165) is 0 Å². The van der Waals surface area contributed by atoms with Crippen LogP contribution in [0.15, 0.2) is 47.8 Å². The molecule has 31 heavy (non-hydrogen) atoms. The highest BCUT2D eigenvalue weighted by Crippen LogP contribution is 2.27. The van der Waals surface area contributed by atoms with Gasteiger partial charge >= 0.3 is 11.9 Å². The summed E-state index contributed by atoms with van der Waals surface area (Å²) in [6, 6.07) is 8.68. The van der Waals surface area contributed by atoms with Gasteiger partial charge in [-0.1, -0.05) is 0 Å². The molecule has 3 rings (SSSR count). The SMILES string of the molecule is COC(=O)C1=C(C(=O)OC)N(c2ccc(-n3ccc(C(=O)NC(C)C)n3)cc2)COC1. The Hall–Kier alpha value is -3.66. The molecule has 1 N–H and O–H groups in total. The van der Waals surface area contributed by atoms with E-state index in [2.05, 4.69) is 10.4 Å². The van der Waals surface area contributed by atoms with E-state index in [1.165, 1.54) is 19.1 Å². The Labute approximate surface area is 179 Å². The molecular weight excluding hydrogens is 404 g/mol. The summed E-state index contributed by atoms with van der Waals surface area (Å²) in [4.78, 5) is 38.1. The van der Waals surface area contributed by atoms with Crippen LogP contribution in [0.3, 0.4) is 0 Å². The maximum atomic E-state index is 12.4. The van der Waals surface area contributed by atoms with Crippen molar-refractivity contribution in [3.05, 3.63) is 53.5 Å². The van der Waals surface area contributed by atoms with Crippen LogP contribution in [0.2, 0.25) is 0 Å². The second kappa shape index (κ2) is 9.43. The number of anilines is 1. The van der Waals surface area contributed by atoms with Gasteiger partial charge in [0.15, 0.2) is 5.69 Å². The number of hydrogen-bond donors (Lipinski definition) is 1. The fraction of sp³-hybridized carbons (Fsp3) is 0.333. The van der Waals surface area contributed by atoms with Crippen LogP contribution in [0.25, 0.3) is 5.69 Å². The molecule has 0 aliphatic carbocycles. The predicted octanol–water partition coefficient (Wildman–Crippen LogP) is 1.40. The van der Waals surface area contributed by atoms with Crippen LogP contribution in [0.1, 0.15) is 24.3 Å². The topological polar surface area (TPSA) is 112 Å². The number of rotatable bonds is 6. The van der Waals surface area contributed by atoms with E-state index in [0.29, 0.717) is 17.1 Å². The van der Waals surface area contributed by atoms with Gasteiger partial charge in [-0.2, -0.15) is 5.10 Å². The van der Waals surface area contributed by atoms with Gasteiger partial charge in [0, 0.05) is 17.9 Å². The van der Waals surface area contributed by atoms with E-state index in [9.17, 15) is 14.4 Å². The molecule has 0 unspecified atom stereocenters. The molecule has 2 aromatic rings. The van der Waals surface area contributed by atoms with E-state index < -0.39 is 11.9 Å². The molecule has 0 fully saturated rings. The first-order chi connectivity index (χ1) is 14.8. The number of methoxy groups -OCH3 is 2. The molecular formula is C21H24N4O6. The van der Waals surface area contributed by atoms with Crippen LogP contribution in [0, 0.1) is 0 Å². The molecule has 10 nitrogen and oxygen atoms in total. The van der Waals surface area contributed by atoms with Gasteiger partial charge < -0.3 is 24.4 Å². The first-order valence-corrected chi connectivity index (χ1v) is 9.57. The molecule has 1 aromatic heterocycles. The number of benzene rings is 1. The third kappa shape index (κ3) is 4.75. The van der Waals surface area contributed by atoms with Crippen LogP contribution in [-0.2, 0) is 23.8 Å². The van der Waals surface area contributed by atoms with Gasteiger partial charge in [-0.25, -0.2) is 14.3 Å². The standard InChI is InChI=1S/C21H24N4O6/c1-13(2)22-19(26)17-9-10-25(23-17)15-7-5-14(6-8-15)24-12-31-11-16(20(27)29-3)18(24)21(28)30-4/h5-10,13H,11-12H2,1-4H3,(H,22,26). The molecule has 1 aliphatic rings. The molecule has 1 aliphatic heterocycles. The lowest BCUT2D eigenvalue weighted by Gasteiger charge is -2.31. The van der Waals surface area contributed by atoms with Crippen molar-refractivity contribution < 1.29 is 28.6 Å². The first kappa shape index (κ1) is 22.0. The zero-order valence-corrected chi connectivity index (χ0v) is 17.7. The molecule has 164 valence electrons. The Morgan fingerprint density at radius 1 is 1.03 bits per heavy atom. The molecule has 0 bridgehead atoms. The summed E-state index contributed by atoms with van der Waals surface area (Å²) in [6.07, 6.45) is 1.68. The van der Waals surface area contributed by atoms with Gasteiger partial charge in [0.25, 0.3) is 5.91 Å².